The predicted molar refractivity (Wildman–Crippen MR) is 60.6 cm³/mol. The number of esters is 1. The van der Waals surface area contributed by atoms with Gasteiger partial charge in [-0.25, -0.2) is 9.48 Å². The van der Waals surface area contributed by atoms with Crippen molar-refractivity contribution in [2.75, 3.05) is 12.3 Å². The number of nitrogens with zero attached hydrogens (tertiary/aromatic N) is 2. The number of ether oxygens (including phenoxy) is 1. The van der Waals surface area contributed by atoms with Crippen molar-refractivity contribution in [2.45, 2.75) is 26.8 Å². The highest BCUT2D eigenvalue weighted by Gasteiger charge is 2.20. The van der Waals surface area contributed by atoms with E-state index in [1.165, 1.54) is 0 Å². The number of nitrogen functional groups attached to an aromatic ring is 1. The molecule has 0 fully saturated rings. The van der Waals surface area contributed by atoms with E-state index in [-0.39, 0.29) is 5.69 Å². The number of anilines is 1. The summed E-state index contributed by atoms with van der Waals surface area (Å²) in [5.41, 5.74) is 6.01. The van der Waals surface area contributed by atoms with E-state index in [9.17, 15) is 4.79 Å². The van der Waals surface area contributed by atoms with Gasteiger partial charge in [0.15, 0.2) is 5.69 Å². The minimum atomic E-state index is -0.453. The van der Waals surface area contributed by atoms with Crippen molar-refractivity contribution in [1.29, 1.82) is 0 Å². The molecule has 84 valence electrons. The van der Waals surface area contributed by atoms with Crippen LogP contribution in [0.3, 0.4) is 0 Å². The molecule has 0 unspecified atom stereocenters. The molecule has 0 amide bonds. The lowest BCUT2D eigenvalue weighted by atomic mass is 10.4. The number of halogens is 1. The van der Waals surface area contributed by atoms with Crippen LogP contribution in [0.5, 0.6) is 0 Å². The van der Waals surface area contributed by atoms with Crippen LogP contribution in [-0.2, 0) is 11.3 Å². The van der Waals surface area contributed by atoms with Gasteiger partial charge in [0.25, 0.3) is 0 Å². The van der Waals surface area contributed by atoms with E-state index in [0.717, 1.165) is 6.42 Å². The zero-order chi connectivity index (χ0) is 11.4. The van der Waals surface area contributed by atoms with Gasteiger partial charge in [0.2, 0.25) is 0 Å². The summed E-state index contributed by atoms with van der Waals surface area (Å²) in [5.74, 6) is 0.00540. The highest BCUT2D eigenvalue weighted by molar-refractivity contribution is 9.10. The van der Waals surface area contributed by atoms with Gasteiger partial charge in [-0.1, -0.05) is 6.92 Å². The standard InChI is InChI=1S/C9H14BrN3O2/c1-3-5-13-8(11)6(10)7(12-13)9(14)15-4-2/h3-5,11H2,1-2H3. The zero-order valence-corrected chi connectivity index (χ0v) is 10.4. The normalized spacial score (nSPS) is 10.3. The summed E-state index contributed by atoms with van der Waals surface area (Å²) in [6, 6.07) is 0. The molecule has 0 saturated heterocycles. The van der Waals surface area contributed by atoms with Gasteiger partial charge in [-0.15, -0.1) is 0 Å². The molecule has 0 saturated carbocycles. The lowest BCUT2D eigenvalue weighted by Crippen LogP contribution is -2.08. The summed E-state index contributed by atoms with van der Waals surface area (Å²) < 4.78 is 6.96. The molecule has 1 heterocycles. The Morgan fingerprint density at radius 3 is 2.80 bits per heavy atom. The molecule has 1 aromatic rings. The van der Waals surface area contributed by atoms with Gasteiger partial charge in [0.05, 0.1) is 11.1 Å². The quantitative estimate of drug-likeness (QED) is 0.851. The van der Waals surface area contributed by atoms with Crippen LogP contribution >= 0.6 is 15.9 Å². The van der Waals surface area contributed by atoms with Crippen molar-refractivity contribution >= 4 is 27.7 Å². The van der Waals surface area contributed by atoms with Crippen LogP contribution in [0.4, 0.5) is 5.82 Å². The first-order valence-corrected chi connectivity index (χ1v) is 5.60. The van der Waals surface area contributed by atoms with Gasteiger partial charge in [-0.05, 0) is 29.3 Å². The Labute approximate surface area is 96.7 Å². The van der Waals surface area contributed by atoms with E-state index >= 15 is 0 Å². The summed E-state index contributed by atoms with van der Waals surface area (Å²) in [6.07, 6.45) is 0.903. The Balaban J connectivity index is 2.99. The average Bonchev–Trinajstić information content (AvgIpc) is 2.47. The molecule has 0 spiro atoms. The third-order valence-corrected chi connectivity index (χ3v) is 2.62. The highest BCUT2D eigenvalue weighted by atomic mass is 79.9. The summed E-state index contributed by atoms with van der Waals surface area (Å²) in [7, 11) is 0. The van der Waals surface area contributed by atoms with E-state index in [1.807, 2.05) is 6.92 Å². The average molecular weight is 276 g/mol. The first-order valence-electron chi connectivity index (χ1n) is 4.80. The number of carbonyl (C=O) groups excluding carboxylic acids is 1. The van der Waals surface area contributed by atoms with Gasteiger partial charge >= 0.3 is 5.97 Å². The molecule has 1 rings (SSSR count). The van der Waals surface area contributed by atoms with Crippen molar-refractivity contribution in [3.05, 3.63) is 10.2 Å². The van der Waals surface area contributed by atoms with Crippen LogP contribution in [0.2, 0.25) is 0 Å². The maximum atomic E-state index is 11.5. The van der Waals surface area contributed by atoms with Gasteiger partial charge in [0, 0.05) is 6.54 Å². The fourth-order valence-corrected chi connectivity index (χ4v) is 1.61. The van der Waals surface area contributed by atoms with E-state index < -0.39 is 5.97 Å². The van der Waals surface area contributed by atoms with Crippen molar-refractivity contribution in [1.82, 2.24) is 9.78 Å². The molecule has 15 heavy (non-hydrogen) atoms. The van der Waals surface area contributed by atoms with Crippen LogP contribution in [0.1, 0.15) is 30.8 Å². The van der Waals surface area contributed by atoms with Gasteiger partial charge < -0.3 is 10.5 Å². The maximum absolute atomic E-state index is 11.5. The Bertz CT molecular complexity index is 362. The lowest BCUT2D eigenvalue weighted by molar-refractivity contribution is 0.0517. The maximum Gasteiger partial charge on any atom is 0.360 e. The summed E-state index contributed by atoms with van der Waals surface area (Å²) >= 11 is 3.23. The third kappa shape index (κ3) is 2.50. The first kappa shape index (κ1) is 12.0. The van der Waals surface area contributed by atoms with Crippen molar-refractivity contribution in [3.63, 3.8) is 0 Å². The third-order valence-electron chi connectivity index (χ3n) is 1.84. The molecule has 0 radical (unpaired) electrons. The second-order valence-electron chi connectivity index (χ2n) is 2.99. The number of rotatable bonds is 4. The van der Waals surface area contributed by atoms with Gasteiger partial charge in [-0.3, -0.25) is 0 Å². The van der Waals surface area contributed by atoms with Gasteiger partial charge in [0.1, 0.15) is 5.82 Å². The molecule has 5 nitrogen and oxygen atoms in total. The Hall–Kier alpha value is -1.04. The fraction of sp³-hybridized carbons (Fsp3) is 0.556. The molecular weight excluding hydrogens is 262 g/mol. The molecule has 0 atom stereocenters. The smallest absolute Gasteiger partial charge is 0.360 e. The highest BCUT2D eigenvalue weighted by Crippen LogP contribution is 2.24. The van der Waals surface area contributed by atoms with E-state index in [4.69, 9.17) is 10.5 Å². The van der Waals surface area contributed by atoms with E-state index in [2.05, 4.69) is 21.0 Å². The number of aryl methyl sites for hydroxylation is 1. The zero-order valence-electron chi connectivity index (χ0n) is 8.79. The van der Waals surface area contributed by atoms with Crippen LogP contribution in [0.25, 0.3) is 0 Å². The van der Waals surface area contributed by atoms with Gasteiger partial charge in [-0.2, -0.15) is 5.10 Å². The number of nitrogens with two attached hydrogens (primary N) is 1. The van der Waals surface area contributed by atoms with Crippen molar-refractivity contribution < 1.29 is 9.53 Å². The lowest BCUT2D eigenvalue weighted by Gasteiger charge is -1.99. The van der Waals surface area contributed by atoms with E-state index in [1.54, 1.807) is 11.6 Å². The fourth-order valence-electron chi connectivity index (χ4n) is 1.17. The molecule has 0 aliphatic rings. The topological polar surface area (TPSA) is 70.1 Å². The molecule has 0 aliphatic heterocycles. The molecule has 2 N–H and O–H groups in total. The predicted octanol–water partition coefficient (Wildman–Crippen LogP) is 1.81. The van der Waals surface area contributed by atoms with Crippen molar-refractivity contribution in [3.8, 4) is 0 Å². The second kappa shape index (κ2) is 5.16. The number of carbonyl (C=O) groups is 1. The second-order valence-corrected chi connectivity index (χ2v) is 3.78. The largest absolute Gasteiger partial charge is 0.461 e. The Morgan fingerprint density at radius 2 is 2.27 bits per heavy atom. The minimum absolute atomic E-state index is 0.239. The summed E-state index contributed by atoms with van der Waals surface area (Å²) in [5, 5.41) is 4.09. The van der Waals surface area contributed by atoms with E-state index in [0.29, 0.717) is 23.4 Å². The number of aromatic nitrogens is 2. The van der Waals surface area contributed by atoms with Crippen molar-refractivity contribution in [2.24, 2.45) is 0 Å². The number of hydrogen-bond acceptors (Lipinski definition) is 4. The summed E-state index contributed by atoms with van der Waals surface area (Å²) in [6.45, 7) is 4.77. The Morgan fingerprint density at radius 1 is 1.60 bits per heavy atom. The van der Waals surface area contributed by atoms with Crippen LogP contribution in [0.15, 0.2) is 4.47 Å². The molecule has 1 aromatic heterocycles. The minimum Gasteiger partial charge on any atom is -0.461 e. The van der Waals surface area contributed by atoms with Crippen LogP contribution in [-0.4, -0.2) is 22.4 Å². The molecular formula is C9H14BrN3O2. The first-order chi connectivity index (χ1) is 7.11. The summed E-state index contributed by atoms with van der Waals surface area (Å²) in [4.78, 5) is 11.5. The molecule has 0 bridgehead atoms. The Kier molecular flexibility index (Phi) is 4.14. The molecule has 6 heteroatoms. The van der Waals surface area contributed by atoms with Crippen LogP contribution in [0, 0.1) is 0 Å². The van der Waals surface area contributed by atoms with Crippen LogP contribution < -0.4 is 5.73 Å². The number of hydrogen-bond donors (Lipinski definition) is 1. The monoisotopic (exact) mass is 275 g/mol. The molecule has 0 aromatic carbocycles. The molecule has 0 aliphatic carbocycles. The SMILES string of the molecule is CCCn1nc(C(=O)OCC)c(Br)c1N.